The van der Waals surface area contributed by atoms with Gasteiger partial charge < -0.3 is 5.32 Å². The first-order valence-electron chi connectivity index (χ1n) is 7.64. The molecule has 0 aromatic heterocycles. The molecule has 5 heteroatoms. The molecule has 120 valence electrons. The fraction of sp³-hybridized carbons (Fsp3) is 0.278. The van der Waals surface area contributed by atoms with Crippen LogP contribution < -0.4 is 5.32 Å². The van der Waals surface area contributed by atoms with Crippen LogP contribution in [0.2, 0.25) is 0 Å². The van der Waals surface area contributed by atoms with Crippen LogP contribution in [0, 0.1) is 17.0 Å². The molecule has 0 fully saturated rings. The first-order valence-corrected chi connectivity index (χ1v) is 7.64. The number of amides is 1. The maximum Gasteiger partial charge on any atom is 0.273 e. The molecule has 0 saturated carbocycles. The number of carbonyl (C=O) groups is 1. The Balaban J connectivity index is 2.26. The van der Waals surface area contributed by atoms with Crippen LogP contribution in [0.1, 0.15) is 47.3 Å². The first-order chi connectivity index (χ1) is 11.0. The number of hydrogen-bond donors (Lipinski definition) is 1. The molecule has 0 aliphatic rings. The monoisotopic (exact) mass is 312 g/mol. The smallest absolute Gasteiger partial charge is 0.273 e. The van der Waals surface area contributed by atoms with Crippen molar-refractivity contribution in [1.82, 2.24) is 5.32 Å². The van der Waals surface area contributed by atoms with Crippen LogP contribution >= 0.6 is 0 Å². The van der Waals surface area contributed by atoms with Crippen LogP contribution in [0.3, 0.4) is 0 Å². The number of benzene rings is 2. The minimum atomic E-state index is -0.465. The fourth-order valence-corrected chi connectivity index (χ4v) is 2.60. The number of rotatable bonds is 6. The fourth-order valence-electron chi connectivity index (χ4n) is 2.60. The van der Waals surface area contributed by atoms with Gasteiger partial charge in [0.05, 0.1) is 11.0 Å². The van der Waals surface area contributed by atoms with Crippen LogP contribution in [0.5, 0.6) is 0 Å². The van der Waals surface area contributed by atoms with Gasteiger partial charge in [-0.1, -0.05) is 49.7 Å². The highest BCUT2D eigenvalue weighted by Crippen LogP contribution is 2.23. The molecule has 0 bridgehead atoms. The Morgan fingerprint density at radius 3 is 2.48 bits per heavy atom. The molecule has 2 aromatic rings. The number of carbonyl (C=O) groups excluding carboxylic acids is 1. The van der Waals surface area contributed by atoms with Crippen LogP contribution in [0.25, 0.3) is 0 Å². The summed E-state index contributed by atoms with van der Waals surface area (Å²) in [5.41, 5.74) is 1.73. The molecule has 1 N–H and O–H groups in total. The number of nitrogens with zero attached hydrogens (tertiary/aromatic N) is 1. The van der Waals surface area contributed by atoms with E-state index in [1.807, 2.05) is 30.3 Å². The lowest BCUT2D eigenvalue weighted by Crippen LogP contribution is -2.29. The molecule has 0 aliphatic carbocycles. The second-order valence-corrected chi connectivity index (χ2v) is 5.43. The molecule has 1 atom stereocenters. The Labute approximate surface area is 135 Å². The lowest BCUT2D eigenvalue weighted by atomic mass is 10.0. The van der Waals surface area contributed by atoms with Gasteiger partial charge in [-0.3, -0.25) is 14.9 Å². The summed E-state index contributed by atoms with van der Waals surface area (Å²) in [5, 5.41) is 14.0. The van der Waals surface area contributed by atoms with Crippen molar-refractivity contribution in [2.75, 3.05) is 0 Å². The van der Waals surface area contributed by atoms with Gasteiger partial charge in [0.2, 0.25) is 0 Å². The maximum absolute atomic E-state index is 12.6. The van der Waals surface area contributed by atoms with E-state index in [1.54, 1.807) is 13.0 Å². The Kier molecular flexibility index (Phi) is 5.46. The van der Waals surface area contributed by atoms with E-state index < -0.39 is 4.92 Å². The number of hydrogen-bond acceptors (Lipinski definition) is 3. The third-order valence-corrected chi connectivity index (χ3v) is 3.83. The molecule has 2 rings (SSSR count). The van der Waals surface area contributed by atoms with Gasteiger partial charge in [0.25, 0.3) is 11.6 Å². The normalized spacial score (nSPS) is 11.7. The van der Waals surface area contributed by atoms with Crippen molar-refractivity contribution >= 4 is 11.6 Å². The summed E-state index contributed by atoms with van der Waals surface area (Å²) >= 11 is 0. The Morgan fingerprint density at radius 2 is 1.87 bits per heavy atom. The standard InChI is InChI=1S/C18H20N2O3/c1-3-8-16(14-9-5-4-6-10-14)19-18(21)15-11-7-12-17(13(15)2)20(22)23/h4-7,9-12,16H,3,8H2,1-2H3,(H,19,21). The molecule has 0 spiro atoms. The predicted molar refractivity (Wildman–Crippen MR) is 89.4 cm³/mol. The van der Waals surface area contributed by atoms with Crippen molar-refractivity contribution in [2.45, 2.75) is 32.7 Å². The molecular weight excluding hydrogens is 292 g/mol. The van der Waals surface area contributed by atoms with Gasteiger partial charge >= 0.3 is 0 Å². The molecule has 0 heterocycles. The van der Waals surface area contributed by atoms with Gasteiger partial charge in [-0.05, 0) is 25.0 Å². The quantitative estimate of drug-likeness (QED) is 0.642. The summed E-state index contributed by atoms with van der Waals surface area (Å²) in [6.45, 7) is 3.66. The molecular formula is C18H20N2O3. The molecule has 2 aromatic carbocycles. The minimum Gasteiger partial charge on any atom is -0.345 e. The number of nitro groups is 1. The summed E-state index contributed by atoms with van der Waals surface area (Å²) in [5.74, 6) is -0.284. The van der Waals surface area contributed by atoms with Crippen LogP contribution in [0.4, 0.5) is 5.69 Å². The summed E-state index contributed by atoms with van der Waals surface area (Å²) in [6, 6.07) is 14.2. The Bertz CT molecular complexity index is 699. The maximum atomic E-state index is 12.6. The molecule has 5 nitrogen and oxygen atoms in total. The van der Waals surface area contributed by atoms with E-state index >= 15 is 0 Å². The van der Waals surface area contributed by atoms with Crippen LogP contribution in [-0.4, -0.2) is 10.8 Å². The van der Waals surface area contributed by atoms with E-state index in [9.17, 15) is 14.9 Å². The number of nitro benzene ring substituents is 1. The summed E-state index contributed by atoms with van der Waals surface area (Å²) < 4.78 is 0. The zero-order valence-electron chi connectivity index (χ0n) is 13.3. The van der Waals surface area contributed by atoms with Crippen molar-refractivity contribution in [1.29, 1.82) is 0 Å². The SMILES string of the molecule is CCCC(NC(=O)c1cccc([N+](=O)[O-])c1C)c1ccccc1. The van der Waals surface area contributed by atoms with Gasteiger partial charge in [-0.15, -0.1) is 0 Å². The largest absolute Gasteiger partial charge is 0.345 e. The molecule has 0 aliphatic heterocycles. The highest BCUT2D eigenvalue weighted by atomic mass is 16.6. The highest BCUT2D eigenvalue weighted by Gasteiger charge is 2.20. The van der Waals surface area contributed by atoms with E-state index in [4.69, 9.17) is 0 Å². The van der Waals surface area contributed by atoms with Crippen molar-refractivity contribution in [3.8, 4) is 0 Å². The van der Waals surface area contributed by atoms with E-state index in [2.05, 4.69) is 12.2 Å². The second-order valence-electron chi connectivity index (χ2n) is 5.43. The van der Waals surface area contributed by atoms with Crippen molar-refractivity contribution in [2.24, 2.45) is 0 Å². The van der Waals surface area contributed by atoms with Gasteiger partial charge in [-0.25, -0.2) is 0 Å². The van der Waals surface area contributed by atoms with Crippen molar-refractivity contribution in [3.05, 3.63) is 75.3 Å². The lowest BCUT2D eigenvalue weighted by Gasteiger charge is -2.19. The van der Waals surface area contributed by atoms with E-state index in [-0.39, 0.29) is 17.6 Å². The lowest BCUT2D eigenvalue weighted by molar-refractivity contribution is -0.385. The summed E-state index contributed by atoms with van der Waals surface area (Å²) in [6.07, 6.45) is 1.73. The third-order valence-electron chi connectivity index (χ3n) is 3.83. The molecule has 1 unspecified atom stereocenters. The van der Waals surface area contributed by atoms with Gasteiger partial charge in [-0.2, -0.15) is 0 Å². The second kappa shape index (κ2) is 7.54. The van der Waals surface area contributed by atoms with Gasteiger partial charge in [0.15, 0.2) is 0 Å². The molecule has 1 amide bonds. The summed E-state index contributed by atoms with van der Waals surface area (Å²) in [4.78, 5) is 23.1. The van der Waals surface area contributed by atoms with Gasteiger partial charge in [0, 0.05) is 17.2 Å². The predicted octanol–water partition coefficient (Wildman–Crippen LogP) is 4.17. The zero-order valence-corrected chi connectivity index (χ0v) is 13.3. The van der Waals surface area contributed by atoms with E-state index in [0.29, 0.717) is 11.1 Å². The van der Waals surface area contributed by atoms with Crippen LogP contribution in [-0.2, 0) is 0 Å². The third kappa shape index (κ3) is 3.94. The van der Waals surface area contributed by atoms with Crippen molar-refractivity contribution in [3.63, 3.8) is 0 Å². The average Bonchev–Trinajstić information content (AvgIpc) is 2.55. The molecule has 0 radical (unpaired) electrons. The highest BCUT2D eigenvalue weighted by molar-refractivity contribution is 5.96. The molecule has 23 heavy (non-hydrogen) atoms. The van der Waals surface area contributed by atoms with E-state index in [0.717, 1.165) is 18.4 Å². The number of nitrogens with one attached hydrogen (secondary N) is 1. The Morgan fingerprint density at radius 1 is 1.17 bits per heavy atom. The van der Waals surface area contributed by atoms with E-state index in [1.165, 1.54) is 12.1 Å². The Hall–Kier alpha value is -2.69. The van der Waals surface area contributed by atoms with Gasteiger partial charge in [0.1, 0.15) is 0 Å². The first kappa shape index (κ1) is 16.7. The topological polar surface area (TPSA) is 72.2 Å². The molecule has 0 saturated heterocycles. The zero-order chi connectivity index (χ0) is 16.8. The average molecular weight is 312 g/mol. The van der Waals surface area contributed by atoms with Crippen molar-refractivity contribution < 1.29 is 9.72 Å². The summed E-state index contributed by atoms with van der Waals surface area (Å²) in [7, 11) is 0. The van der Waals surface area contributed by atoms with Crippen LogP contribution in [0.15, 0.2) is 48.5 Å². The minimum absolute atomic E-state index is 0.0376.